The van der Waals surface area contributed by atoms with Crippen molar-refractivity contribution in [2.45, 2.75) is 51.4 Å². The van der Waals surface area contributed by atoms with Gasteiger partial charge in [0.25, 0.3) is 0 Å². The smallest absolute Gasteiger partial charge is 0.336 e. The van der Waals surface area contributed by atoms with Gasteiger partial charge >= 0.3 is 11.9 Å². The zero-order valence-electron chi connectivity index (χ0n) is 19.8. The molecule has 0 saturated heterocycles. The molecule has 0 atom stereocenters. The number of carbonyl (C=O) groups excluding carboxylic acids is 2. The first-order chi connectivity index (χ1) is 17.3. The fourth-order valence-corrected chi connectivity index (χ4v) is 5.39. The normalized spacial score (nSPS) is 14.4. The molecule has 0 saturated carbocycles. The molecule has 2 aliphatic rings. The first kappa shape index (κ1) is 23.7. The quantitative estimate of drug-likeness (QED) is 0.462. The highest BCUT2D eigenvalue weighted by Gasteiger charge is 2.27. The van der Waals surface area contributed by atoms with Gasteiger partial charge in [0.2, 0.25) is 0 Å². The third kappa shape index (κ3) is 4.35. The maximum Gasteiger partial charge on any atom is 0.336 e. The second kappa shape index (κ2) is 9.53. The van der Waals surface area contributed by atoms with Crippen LogP contribution in [-0.4, -0.2) is 33.7 Å². The Morgan fingerprint density at radius 3 is 1.22 bits per heavy atom. The van der Waals surface area contributed by atoms with Crippen molar-refractivity contribution in [2.75, 3.05) is 0 Å². The number of aromatic carboxylic acids is 2. The summed E-state index contributed by atoms with van der Waals surface area (Å²) in [6.45, 7) is 0. The Labute approximate surface area is 208 Å². The Hall–Kier alpha value is -4.06. The van der Waals surface area contributed by atoms with Gasteiger partial charge in [0.15, 0.2) is 11.6 Å². The Balaban J connectivity index is 1.62. The minimum atomic E-state index is -1.42. The van der Waals surface area contributed by atoms with E-state index in [2.05, 4.69) is 0 Å². The van der Waals surface area contributed by atoms with E-state index in [0.29, 0.717) is 11.1 Å². The van der Waals surface area contributed by atoms with Gasteiger partial charge in [-0.1, -0.05) is 24.3 Å². The van der Waals surface area contributed by atoms with Crippen LogP contribution in [0.4, 0.5) is 0 Å². The number of hydrogen-bond donors (Lipinski definition) is 2. The summed E-state index contributed by atoms with van der Waals surface area (Å²) >= 11 is 0. The number of benzene rings is 3. The van der Waals surface area contributed by atoms with Crippen LogP contribution in [0.15, 0.2) is 48.5 Å². The molecule has 2 N–H and O–H groups in total. The lowest BCUT2D eigenvalue weighted by Gasteiger charge is -2.18. The summed E-state index contributed by atoms with van der Waals surface area (Å²) in [6, 6.07) is 12.8. The van der Waals surface area contributed by atoms with Crippen molar-refractivity contribution in [3.8, 4) is 0 Å². The van der Waals surface area contributed by atoms with E-state index in [-0.39, 0.29) is 11.1 Å². The molecule has 0 heterocycles. The average Bonchev–Trinajstić information content (AvgIpc) is 2.90. The molecule has 0 fully saturated rings. The number of carboxylic acids is 2. The van der Waals surface area contributed by atoms with Crippen molar-refractivity contribution in [1.29, 1.82) is 0 Å². The molecule has 5 rings (SSSR count). The third-order valence-corrected chi connectivity index (χ3v) is 7.33. The largest absolute Gasteiger partial charge is 0.478 e. The van der Waals surface area contributed by atoms with Crippen LogP contribution in [0.3, 0.4) is 0 Å². The van der Waals surface area contributed by atoms with Gasteiger partial charge in [-0.3, -0.25) is 9.59 Å². The van der Waals surface area contributed by atoms with Crippen LogP contribution < -0.4 is 0 Å². The summed E-state index contributed by atoms with van der Waals surface area (Å²) < 4.78 is 0. The molecular weight excluding hydrogens is 456 g/mol. The number of fused-ring (bicyclic) bond motifs is 2. The summed E-state index contributed by atoms with van der Waals surface area (Å²) in [5.41, 5.74) is 3.90. The third-order valence-electron chi connectivity index (χ3n) is 7.33. The number of hydrogen-bond acceptors (Lipinski definition) is 4. The van der Waals surface area contributed by atoms with Crippen molar-refractivity contribution in [1.82, 2.24) is 0 Å². The predicted molar refractivity (Wildman–Crippen MR) is 133 cm³/mol. The molecule has 6 heteroatoms. The number of rotatable bonds is 6. The van der Waals surface area contributed by atoms with E-state index in [1.807, 2.05) is 12.1 Å². The Bertz CT molecular complexity index is 1330. The number of carbonyl (C=O) groups is 4. The van der Waals surface area contributed by atoms with Crippen molar-refractivity contribution in [3.05, 3.63) is 104 Å². The topological polar surface area (TPSA) is 109 Å². The highest BCUT2D eigenvalue weighted by Crippen LogP contribution is 2.28. The highest BCUT2D eigenvalue weighted by atomic mass is 16.4. The van der Waals surface area contributed by atoms with Gasteiger partial charge in [0.05, 0.1) is 11.1 Å². The van der Waals surface area contributed by atoms with Crippen molar-refractivity contribution in [2.24, 2.45) is 0 Å². The number of carboxylic acid groups (broad SMARTS) is 2. The van der Waals surface area contributed by atoms with Crippen LogP contribution in [0.2, 0.25) is 0 Å². The summed E-state index contributed by atoms with van der Waals surface area (Å²) in [5.74, 6) is -3.94. The summed E-state index contributed by atoms with van der Waals surface area (Å²) in [6.07, 6.45) is 7.82. The first-order valence-electron chi connectivity index (χ1n) is 12.3. The first-order valence-corrected chi connectivity index (χ1v) is 12.3. The molecule has 2 aliphatic carbocycles. The molecule has 0 spiro atoms. The Morgan fingerprint density at radius 1 is 0.472 bits per heavy atom. The van der Waals surface area contributed by atoms with Gasteiger partial charge in [-0.2, -0.15) is 0 Å². The zero-order chi connectivity index (χ0) is 25.4. The lowest BCUT2D eigenvalue weighted by molar-refractivity contribution is 0.0690. The molecule has 0 bridgehead atoms. The van der Waals surface area contributed by atoms with Gasteiger partial charge in [0, 0.05) is 22.3 Å². The minimum Gasteiger partial charge on any atom is -0.478 e. The standard InChI is InChI=1S/C30H26O6/c31-27(21-11-9-17-5-1-3-7-19(17)13-21)23-15-24(26(30(35)36)16-25(23)29(33)34)28(32)22-12-10-18-6-2-4-8-20(18)14-22/h9-16H,1-8H2,(H,33,34)(H,35,36). The maximum atomic E-state index is 13.5. The van der Waals surface area contributed by atoms with Gasteiger partial charge in [0.1, 0.15) is 0 Å². The van der Waals surface area contributed by atoms with Gasteiger partial charge in [-0.25, -0.2) is 9.59 Å². The molecule has 0 aliphatic heterocycles. The maximum absolute atomic E-state index is 13.5. The summed E-state index contributed by atoms with van der Waals surface area (Å²) in [7, 11) is 0. The van der Waals surface area contributed by atoms with E-state index < -0.39 is 34.6 Å². The number of aryl methyl sites for hydroxylation is 4. The molecule has 3 aromatic carbocycles. The lowest BCUT2D eigenvalue weighted by Crippen LogP contribution is -2.18. The molecule has 0 aromatic heterocycles. The van der Waals surface area contributed by atoms with Gasteiger partial charge in [-0.05, 0) is 97.9 Å². The van der Waals surface area contributed by atoms with E-state index in [1.54, 1.807) is 24.3 Å². The van der Waals surface area contributed by atoms with E-state index >= 15 is 0 Å². The van der Waals surface area contributed by atoms with Crippen LogP contribution in [-0.2, 0) is 25.7 Å². The molecule has 0 unspecified atom stereocenters. The van der Waals surface area contributed by atoms with E-state index in [0.717, 1.165) is 74.6 Å². The van der Waals surface area contributed by atoms with Gasteiger partial charge in [-0.15, -0.1) is 0 Å². The highest BCUT2D eigenvalue weighted by molar-refractivity contribution is 6.20. The van der Waals surface area contributed by atoms with Crippen molar-refractivity contribution >= 4 is 23.5 Å². The fourth-order valence-electron chi connectivity index (χ4n) is 5.39. The van der Waals surface area contributed by atoms with Crippen LogP contribution in [0.1, 0.15) is 100 Å². The van der Waals surface area contributed by atoms with Crippen LogP contribution in [0, 0.1) is 0 Å². The Morgan fingerprint density at radius 2 is 0.833 bits per heavy atom. The molecule has 36 heavy (non-hydrogen) atoms. The van der Waals surface area contributed by atoms with Crippen molar-refractivity contribution in [3.63, 3.8) is 0 Å². The summed E-state index contributed by atoms with van der Waals surface area (Å²) in [5, 5.41) is 19.6. The predicted octanol–water partition coefficient (Wildman–Crippen LogP) is 5.30. The second-order valence-electron chi connectivity index (χ2n) is 9.59. The molecule has 3 aromatic rings. The number of ketones is 2. The van der Waals surface area contributed by atoms with Crippen molar-refractivity contribution < 1.29 is 29.4 Å². The van der Waals surface area contributed by atoms with Crippen LogP contribution >= 0.6 is 0 Å². The molecule has 6 nitrogen and oxygen atoms in total. The zero-order valence-corrected chi connectivity index (χ0v) is 19.8. The average molecular weight is 483 g/mol. The monoisotopic (exact) mass is 482 g/mol. The van der Waals surface area contributed by atoms with Crippen LogP contribution in [0.25, 0.3) is 0 Å². The SMILES string of the molecule is O=C(O)c1cc(C(=O)O)c(C(=O)c2ccc3c(c2)CCCC3)cc1C(=O)c1ccc2c(c1)CCCC2. The van der Waals surface area contributed by atoms with E-state index in [9.17, 15) is 29.4 Å². The minimum absolute atomic E-state index is 0.190. The molecule has 0 radical (unpaired) electrons. The second-order valence-corrected chi connectivity index (χ2v) is 9.59. The van der Waals surface area contributed by atoms with E-state index in [4.69, 9.17) is 0 Å². The lowest BCUT2D eigenvalue weighted by atomic mass is 9.85. The fraction of sp³-hybridized carbons (Fsp3) is 0.267. The Kier molecular flexibility index (Phi) is 6.27. The molecule has 182 valence electrons. The molecular formula is C30H26O6. The van der Waals surface area contributed by atoms with Gasteiger partial charge < -0.3 is 10.2 Å². The summed E-state index contributed by atoms with van der Waals surface area (Å²) in [4.78, 5) is 51.1. The van der Waals surface area contributed by atoms with Crippen LogP contribution in [0.5, 0.6) is 0 Å². The van der Waals surface area contributed by atoms with E-state index in [1.165, 1.54) is 11.1 Å². The molecule has 0 amide bonds.